The minimum atomic E-state index is -4.09. The van der Waals surface area contributed by atoms with E-state index in [0.717, 1.165) is 44.9 Å². The number of nitrogens with zero attached hydrogens (tertiary/aromatic N) is 1. The molecule has 1 aliphatic rings. The highest BCUT2D eigenvalue weighted by molar-refractivity contribution is 9.10. The van der Waals surface area contributed by atoms with Crippen molar-refractivity contribution >= 4 is 59.9 Å². The highest BCUT2D eigenvalue weighted by Gasteiger charge is 2.30. The SMILES string of the molecule is CCOc1ccc(N(CC(=O)Nc2sc3c(c2C(=O)OC)CCCC3)S(=O)(=O)c2ccc(Br)cc2)cc1. The Balaban J connectivity index is 1.67. The molecule has 1 aliphatic carbocycles. The Morgan fingerprint density at radius 1 is 1.05 bits per heavy atom. The summed E-state index contributed by atoms with van der Waals surface area (Å²) in [6.07, 6.45) is 3.54. The monoisotopic (exact) mass is 606 g/mol. The summed E-state index contributed by atoms with van der Waals surface area (Å²) in [5.74, 6) is -0.498. The number of amides is 1. The van der Waals surface area contributed by atoms with Crippen LogP contribution in [0.3, 0.4) is 0 Å². The minimum Gasteiger partial charge on any atom is -0.494 e. The average molecular weight is 608 g/mol. The third kappa shape index (κ3) is 6.00. The Kier molecular flexibility index (Phi) is 8.56. The van der Waals surface area contributed by atoms with Gasteiger partial charge in [-0.05, 0) is 86.7 Å². The van der Waals surface area contributed by atoms with Gasteiger partial charge < -0.3 is 14.8 Å². The van der Waals surface area contributed by atoms with Crippen LogP contribution in [0.2, 0.25) is 0 Å². The number of rotatable bonds is 9. The quantitative estimate of drug-likeness (QED) is 0.327. The van der Waals surface area contributed by atoms with Gasteiger partial charge in [0.15, 0.2) is 0 Å². The van der Waals surface area contributed by atoms with Crippen molar-refractivity contribution in [3.05, 3.63) is 69.0 Å². The number of hydrogen-bond donors (Lipinski definition) is 1. The second-order valence-electron chi connectivity index (χ2n) is 8.35. The molecule has 1 amide bonds. The smallest absolute Gasteiger partial charge is 0.341 e. The molecular formula is C26H27BrN2O6S2. The molecule has 0 saturated carbocycles. The highest BCUT2D eigenvalue weighted by atomic mass is 79.9. The molecule has 37 heavy (non-hydrogen) atoms. The number of aryl methyl sites for hydroxylation is 1. The van der Waals surface area contributed by atoms with E-state index in [4.69, 9.17) is 9.47 Å². The Bertz CT molecular complexity index is 1390. The van der Waals surface area contributed by atoms with E-state index >= 15 is 0 Å². The van der Waals surface area contributed by atoms with Gasteiger partial charge in [-0.25, -0.2) is 13.2 Å². The molecule has 3 aromatic rings. The molecule has 0 saturated heterocycles. The number of nitrogens with one attached hydrogen (secondary N) is 1. The van der Waals surface area contributed by atoms with Gasteiger partial charge in [0, 0.05) is 9.35 Å². The molecule has 1 N–H and O–H groups in total. The van der Waals surface area contributed by atoms with Crippen LogP contribution < -0.4 is 14.4 Å². The van der Waals surface area contributed by atoms with E-state index in [1.165, 1.54) is 30.6 Å². The lowest BCUT2D eigenvalue weighted by Gasteiger charge is -2.24. The number of esters is 1. The number of fused-ring (bicyclic) bond motifs is 1. The molecule has 4 rings (SSSR count). The van der Waals surface area contributed by atoms with Crippen molar-refractivity contribution in [2.75, 3.05) is 29.9 Å². The third-order valence-electron chi connectivity index (χ3n) is 5.94. The van der Waals surface area contributed by atoms with Gasteiger partial charge in [-0.2, -0.15) is 0 Å². The van der Waals surface area contributed by atoms with Gasteiger partial charge in [0.05, 0.1) is 29.9 Å². The van der Waals surface area contributed by atoms with Gasteiger partial charge in [-0.15, -0.1) is 11.3 Å². The van der Waals surface area contributed by atoms with Crippen molar-refractivity contribution < 1.29 is 27.5 Å². The molecule has 0 unspecified atom stereocenters. The topological polar surface area (TPSA) is 102 Å². The molecule has 0 radical (unpaired) electrons. The third-order valence-corrected chi connectivity index (χ3v) is 9.46. The fourth-order valence-corrected chi connectivity index (χ4v) is 7.17. The van der Waals surface area contributed by atoms with E-state index in [9.17, 15) is 18.0 Å². The molecule has 2 aromatic carbocycles. The summed E-state index contributed by atoms with van der Waals surface area (Å²) in [6.45, 7) is 1.83. The number of methoxy groups -OCH3 is 1. The first-order chi connectivity index (χ1) is 17.7. The molecule has 0 bridgehead atoms. The van der Waals surface area contributed by atoms with Crippen LogP contribution in [0.1, 0.15) is 40.6 Å². The van der Waals surface area contributed by atoms with Gasteiger partial charge in [0.2, 0.25) is 5.91 Å². The van der Waals surface area contributed by atoms with E-state index < -0.39 is 28.4 Å². The molecule has 8 nitrogen and oxygen atoms in total. The van der Waals surface area contributed by atoms with E-state index in [1.54, 1.807) is 36.4 Å². The van der Waals surface area contributed by atoms with Crippen molar-refractivity contribution in [2.45, 2.75) is 37.5 Å². The number of benzene rings is 2. The molecular weight excluding hydrogens is 580 g/mol. The number of carbonyl (C=O) groups excluding carboxylic acids is 2. The number of anilines is 2. The molecule has 0 atom stereocenters. The zero-order valence-corrected chi connectivity index (χ0v) is 23.7. The number of thiophene rings is 1. The average Bonchev–Trinajstić information content (AvgIpc) is 3.25. The molecule has 0 spiro atoms. The number of carbonyl (C=O) groups is 2. The first-order valence-corrected chi connectivity index (χ1v) is 14.8. The zero-order chi connectivity index (χ0) is 26.6. The molecule has 0 aliphatic heterocycles. The number of halogens is 1. The van der Waals surface area contributed by atoms with Crippen LogP contribution in [0.25, 0.3) is 0 Å². The summed E-state index contributed by atoms with van der Waals surface area (Å²) >= 11 is 4.67. The highest BCUT2D eigenvalue weighted by Crippen LogP contribution is 2.38. The van der Waals surface area contributed by atoms with Crippen LogP contribution in [-0.2, 0) is 32.4 Å². The first-order valence-electron chi connectivity index (χ1n) is 11.8. The van der Waals surface area contributed by atoms with Crippen molar-refractivity contribution in [2.24, 2.45) is 0 Å². The van der Waals surface area contributed by atoms with Crippen molar-refractivity contribution in [3.63, 3.8) is 0 Å². The Morgan fingerprint density at radius 2 is 1.73 bits per heavy atom. The maximum atomic E-state index is 13.7. The largest absolute Gasteiger partial charge is 0.494 e. The van der Waals surface area contributed by atoms with Gasteiger partial charge in [-0.1, -0.05) is 15.9 Å². The van der Waals surface area contributed by atoms with E-state index in [1.807, 2.05) is 6.92 Å². The van der Waals surface area contributed by atoms with Crippen LogP contribution in [0.15, 0.2) is 57.9 Å². The van der Waals surface area contributed by atoms with Crippen molar-refractivity contribution in [1.82, 2.24) is 0 Å². The second kappa shape index (κ2) is 11.7. The first kappa shape index (κ1) is 27.2. The number of sulfonamides is 1. The summed E-state index contributed by atoms with van der Waals surface area (Å²) in [5, 5.41) is 3.17. The Morgan fingerprint density at radius 3 is 2.38 bits per heavy atom. The molecule has 11 heteroatoms. The summed E-state index contributed by atoms with van der Waals surface area (Å²) in [5.41, 5.74) is 1.57. The van der Waals surface area contributed by atoms with Crippen LogP contribution in [-0.4, -0.2) is 40.6 Å². The zero-order valence-electron chi connectivity index (χ0n) is 20.5. The van der Waals surface area contributed by atoms with E-state index in [2.05, 4.69) is 21.2 Å². The molecule has 1 heterocycles. The molecule has 196 valence electrons. The summed E-state index contributed by atoms with van der Waals surface area (Å²) in [6, 6.07) is 12.7. The van der Waals surface area contributed by atoms with Crippen LogP contribution in [0, 0.1) is 0 Å². The molecule has 1 aromatic heterocycles. The van der Waals surface area contributed by atoms with Gasteiger partial charge in [-0.3, -0.25) is 9.10 Å². The van der Waals surface area contributed by atoms with Crippen LogP contribution in [0.5, 0.6) is 5.75 Å². The fourth-order valence-electron chi connectivity index (χ4n) is 4.19. The van der Waals surface area contributed by atoms with Crippen molar-refractivity contribution in [3.8, 4) is 5.75 Å². The van der Waals surface area contributed by atoms with Gasteiger partial charge in [0.1, 0.15) is 17.3 Å². The molecule has 0 fully saturated rings. The Hall–Kier alpha value is -2.89. The van der Waals surface area contributed by atoms with Crippen LogP contribution in [0.4, 0.5) is 10.7 Å². The van der Waals surface area contributed by atoms with Gasteiger partial charge in [0.25, 0.3) is 10.0 Å². The lowest BCUT2D eigenvalue weighted by atomic mass is 9.95. The summed E-state index contributed by atoms with van der Waals surface area (Å²) < 4.78 is 39.5. The summed E-state index contributed by atoms with van der Waals surface area (Å²) in [7, 11) is -2.79. The van der Waals surface area contributed by atoms with E-state index in [0.29, 0.717) is 28.6 Å². The van der Waals surface area contributed by atoms with Crippen molar-refractivity contribution in [1.29, 1.82) is 0 Å². The summed E-state index contributed by atoms with van der Waals surface area (Å²) in [4.78, 5) is 26.9. The van der Waals surface area contributed by atoms with Gasteiger partial charge >= 0.3 is 5.97 Å². The minimum absolute atomic E-state index is 0.0409. The standard InChI is InChI=1S/C26H27BrN2O6S2/c1-3-35-19-12-10-18(11-13-19)29(37(32,33)20-14-8-17(27)9-15-20)16-23(30)28-25-24(26(31)34-2)21-6-4-5-7-22(21)36-25/h8-15H,3-7,16H2,1-2H3,(H,28,30). The van der Waals surface area contributed by atoms with E-state index in [-0.39, 0.29) is 4.90 Å². The fraction of sp³-hybridized carbons (Fsp3) is 0.308. The number of hydrogen-bond acceptors (Lipinski definition) is 7. The Labute approximate surface area is 228 Å². The predicted molar refractivity (Wildman–Crippen MR) is 147 cm³/mol. The number of ether oxygens (including phenoxy) is 2. The normalized spacial score (nSPS) is 12.9. The maximum Gasteiger partial charge on any atom is 0.341 e. The maximum absolute atomic E-state index is 13.7. The second-order valence-corrected chi connectivity index (χ2v) is 12.2. The van der Waals surface area contributed by atoms with Crippen LogP contribution >= 0.6 is 27.3 Å². The lowest BCUT2D eigenvalue weighted by Crippen LogP contribution is -2.38. The lowest BCUT2D eigenvalue weighted by molar-refractivity contribution is -0.114. The predicted octanol–water partition coefficient (Wildman–Crippen LogP) is 5.41.